The SMILES string of the molecule is CCC(C)C(=O)CCCCCC=O.CNCCN(C)CCCNC(C)C. The molecule has 156 valence electrons. The number of carbonyl (C=O) groups excluding carboxylic acids is 2. The van der Waals surface area contributed by atoms with Gasteiger partial charge >= 0.3 is 0 Å². The van der Waals surface area contributed by atoms with Gasteiger partial charge in [0.15, 0.2) is 0 Å². The number of rotatable bonds is 16. The average molecular weight is 372 g/mol. The van der Waals surface area contributed by atoms with E-state index in [1.165, 1.54) is 13.0 Å². The highest BCUT2D eigenvalue weighted by molar-refractivity contribution is 5.80. The number of nitrogens with one attached hydrogen (secondary N) is 2. The van der Waals surface area contributed by atoms with Crippen molar-refractivity contribution in [3.05, 3.63) is 0 Å². The maximum atomic E-state index is 11.3. The number of aldehydes is 1. The van der Waals surface area contributed by atoms with E-state index >= 15 is 0 Å². The smallest absolute Gasteiger partial charge is 0.135 e. The van der Waals surface area contributed by atoms with Crippen LogP contribution in [-0.2, 0) is 9.59 Å². The standard InChI is InChI=1S/C11H20O2.C10H25N3/c1-3-10(2)11(13)8-6-4-5-7-9-12;1-10(2)12-6-5-8-13(4)9-7-11-3/h9-10H,3-8H2,1-2H3;10-12H,5-9H2,1-4H3. The van der Waals surface area contributed by atoms with Gasteiger partial charge in [0.05, 0.1) is 0 Å². The third-order valence-electron chi connectivity index (χ3n) is 4.42. The maximum Gasteiger partial charge on any atom is 0.135 e. The molecule has 0 heterocycles. The Morgan fingerprint density at radius 1 is 1.04 bits per heavy atom. The van der Waals surface area contributed by atoms with Crippen molar-refractivity contribution in [2.75, 3.05) is 40.3 Å². The van der Waals surface area contributed by atoms with Crippen molar-refractivity contribution in [3.63, 3.8) is 0 Å². The molecule has 5 heteroatoms. The minimum atomic E-state index is 0.214. The van der Waals surface area contributed by atoms with Crippen molar-refractivity contribution in [1.29, 1.82) is 0 Å². The van der Waals surface area contributed by atoms with E-state index in [2.05, 4.69) is 36.4 Å². The molecule has 0 radical (unpaired) electrons. The fraction of sp³-hybridized carbons (Fsp3) is 0.905. The molecule has 0 fully saturated rings. The summed E-state index contributed by atoms with van der Waals surface area (Å²) in [5.74, 6) is 0.583. The topological polar surface area (TPSA) is 61.4 Å². The van der Waals surface area contributed by atoms with Crippen LogP contribution >= 0.6 is 0 Å². The van der Waals surface area contributed by atoms with Crippen molar-refractivity contribution in [2.24, 2.45) is 5.92 Å². The van der Waals surface area contributed by atoms with Crippen LogP contribution in [0.4, 0.5) is 0 Å². The van der Waals surface area contributed by atoms with E-state index < -0.39 is 0 Å². The summed E-state index contributed by atoms with van der Waals surface area (Å²) in [5, 5.41) is 6.56. The molecule has 26 heavy (non-hydrogen) atoms. The predicted molar refractivity (Wildman–Crippen MR) is 113 cm³/mol. The number of Topliss-reactive ketones (excluding diaryl/α,β-unsaturated/α-hetero) is 1. The highest BCUT2D eigenvalue weighted by Gasteiger charge is 2.09. The number of nitrogens with zero attached hydrogens (tertiary/aromatic N) is 1. The summed E-state index contributed by atoms with van der Waals surface area (Å²) in [6.45, 7) is 12.9. The van der Waals surface area contributed by atoms with Crippen molar-refractivity contribution in [1.82, 2.24) is 15.5 Å². The lowest BCUT2D eigenvalue weighted by Gasteiger charge is -2.16. The van der Waals surface area contributed by atoms with Gasteiger partial charge in [0, 0.05) is 37.9 Å². The molecule has 0 bridgehead atoms. The van der Waals surface area contributed by atoms with Crippen LogP contribution in [0.2, 0.25) is 0 Å². The molecule has 0 aliphatic heterocycles. The Hall–Kier alpha value is -0.780. The molecule has 0 saturated heterocycles. The Kier molecular flexibility index (Phi) is 21.7. The lowest BCUT2D eigenvalue weighted by atomic mass is 9.98. The zero-order valence-electron chi connectivity index (χ0n) is 18.3. The first-order valence-electron chi connectivity index (χ1n) is 10.4. The largest absolute Gasteiger partial charge is 0.318 e. The van der Waals surface area contributed by atoms with Gasteiger partial charge in [0.2, 0.25) is 0 Å². The van der Waals surface area contributed by atoms with Crippen molar-refractivity contribution < 1.29 is 9.59 Å². The Balaban J connectivity index is 0. The molecule has 0 saturated carbocycles. The quantitative estimate of drug-likeness (QED) is 0.322. The van der Waals surface area contributed by atoms with Gasteiger partial charge < -0.3 is 20.3 Å². The second-order valence-electron chi connectivity index (χ2n) is 7.41. The summed E-state index contributed by atoms with van der Waals surface area (Å²) >= 11 is 0. The molecule has 0 aromatic rings. The first kappa shape index (κ1) is 27.4. The van der Waals surface area contributed by atoms with Crippen LogP contribution < -0.4 is 10.6 Å². The Labute approximate surface area is 162 Å². The molecule has 1 unspecified atom stereocenters. The average Bonchev–Trinajstić information content (AvgIpc) is 2.62. The Bertz CT molecular complexity index is 322. The number of hydrogen-bond acceptors (Lipinski definition) is 5. The molecule has 1 atom stereocenters. The van der Waals surface area contributed by atoms with Crippen molar-refractivity contribution >= 4 is 12.1 Å². The molecule has 0 aromatic carbocycles. The van der Waals surface area contributed by atoms with Gasteiger partial charge in [0.25, 0.3) is 0 Å². The summed E-state index contributed by atoms with van der Waals surface area (Å²) in [5.41, 5.74) is 0. The van der Waals surface area contributed by atoms with E-state index in [0.29, 0.717) is 24.7 Å². The normalized spacial score (nSPS) is 12.0. The first-order chi connectivity index (χ1) is 12.4. The second-order valence-corrected chi connectivity index (χ2v) is 7.41. The lowest BCUT2D eigenvalue weighted by molar-refractivity contribution is -0.122. The highest BCUT2D eigenvalue weighted by Crippen LogP contribution is 2.09. The van der Waals surface area contributed by atoms with E-state index in [-0.39, 0.29) is 5.92 Å². The zero-order valence-corrected chi connectivity index (χ0v) is 18.3. The van der Waals surface area contributed by atoms with Crippen LogP contribution in [0.5, 0.6) is 0 Å². The van der Waals surface area contributed by atoms with E-state index in [1.54, 1.807) is 0 Å². The number of hydrogen-bond donors (Lipinski definition) is 2. The summed E-state index contributed by atoms with van der Waals surface area (Å²) < 4.78 is 0. The fourth-order valence-electron chi connectivity index (χ4n) is 2.33. The second kappa shape index (κ2) is 20.5. The Morgan fingerprint density at radius 2 is 1.73 bits per heavy atom. The highest BCUT2D eigenvalue weighted by atomic mass is 16.1. The molecule has 5 nitrogen and oxygen atoms in total. The van der Waals surface area contributed by atoms with Crippen LogP contribution in [0.15, 0.2) is 0 Å². The van der Waals surface area contributed by atoms with Crippen LogP contribution in [0.3, 0.4) is 0 Å². The van der Waals surface area contributed by atoms with Gasteiger partial charge in [0.1, 0.15) is 12.1 Å². The van der Waals surface area contributed by atoms with Gasteiger partial charge in [-0.3, -0.25) is 4.79 Å². The van der Waals surface area contributed by atoms with Crippen molar-refractivity contribution in [2.45, 2.75) is 78.7 Å². The molecule has 0 spiro atoms. The third-order valence-corrected chi connectivity index (χ3v) is 4.42. The zero-order chi connectivity index (χ0) is 20.2. The predicted octanol–water partition coefficient (Wildman–Crippen LogP) is 3.28. The van der Waals surface area contributed by atoms with Gasteiger partial charge in [-0.05, 0) is 52.9 Å². The minimum Gasteiger partial charge on any atom is -0.318 e. The van der Waals surface area contributed by atoms with E-state index in [4.69, 9.17) is 0 Å². The van der Waals surface area contributed by atoms with Gasteiger partial charge in [-0.2, -0.15) is 0 Å². The summed E-state index contributed by atoms with van der Waals surface area (Å²) in [7, 11) is 4.17. The fourth-order valence-corrected chi connectivity index (χ4v) is 2.33. The monoisotopic (exact) mass is 371 g/mol. The maximum absolute atomic E-state index is 11.3. The van der Waals surface area contributed by atoms with Crippen LogP contribution in [-0.4, -0.2) is 63.3 Å². The van der Waals surface area contributed by atoms with Crippen molar-refractivity contribution in [3.8, 4) is 0 Å². The van der Waals surface area contributed by atoms with Gasteiger partial charge in [-0.25, -0.2) is 0 Å². The van der Waals surface area contributed by atoms with E-state index in [1.807, 2.05) is 20.9 Å². The number of likely N-dealkylation sites (N-methyl/N-ethyl adjacent to an activating group) is 2. The van der Waals surface area contributed by atoms with Crippen LogP contribution in [0, 0.1) is 5.92 Å². The third kappa shape index (κ3) is 21.3. The summed E-state index contributed by atoms with van der Waals surface area (Å²) in [6.07, 6.45) is 7.31. The number of unbranched alkanes of at least 4 members (excludes halogenated alkanes) is 3. The Morgan fingerprint density at radius 3 is 2.27 bits per heavy atom. The summed E-state index contributed by atoms with van der Waals surface area (Å²) in [6, 6.07) is 0.614. The molecule has 0 aliphatic carbocycles. The van der Waals surface area contributed by atoms with Gasteiger partial charge in [-0.15, -0.1) is 0 Å². The summed E-state index contributed by atoms with van der Waals surface area (Å²) in [4.78, 5) is 23.7. The molecule has 2 N–H and O–H groups in total. The molecular formula is C21H45N3O2. The van der Waals surface area contributed by atoms with Gasteiger partial charge in [-0.1, -0.05) is 34.1 Å². The number of carbonyl (C=O) groups is 2. The molecule has 0 aliphatic rings. The van der Waals surface area contributed by atoms with Crippen LogP contribution in [0.1, 0.15) is 72.6 Å². The first-order valence-corrected chi connectivity index (χ1v) is 10.4. The van der Waals surface area contributed by atoms with E-state index in [0.717, 1.165) is 51.6 Å². The molecule has 0 amide bonds. The minimum absolute atomic E-state index is 0.214. The molecular weight excluding hydrogens is 326 g/mol. The molecule has 0 rings (SSSR count). The lowest BCUT2D eigenvalue weighted by Crippen LogP contribution is -2.31. The molecule has 0 aromatic heterocycles. The van der Waals surface area contributed by atoms with E-state index in [9.17, 15) is 9.59 Å². The van der Waals surface area contributed by atoms with Crippen LogP contribution in [0.25, 0.3) is 0 Å². The number of ketones is 1.